The number of nitro groups is 1. The molecule has 3 aromatic rings. The van der Waals surface area contributed by atoms with Gasteiger partial charge in [-0.25, -0.2) is 4.79 Å². The van der Waals surface area contributed by atoms with Gasteiger partial charge in [0.1, 0.15) is 5.56 Å². The van der Waals surface area contributed by atoms with Crippen molar-refractivity contribution in [3.05, 3.63) is 68.3 Å². The van der Waals surface area contributed by atoms with Crippen molar-refractivity contribution < 1.29 is 14.5 Å². The summed E-state index contributed by atoms with van der Waals surface area (Å²) in [4.78, 5) is 27.5. The quantitative estimate of drug-likeness (QED) is 0.343. The molecule has 27 heavy (non-hydrogen) atoms. The summed E-state index contributed by atoms with van der Waals surface area (Å²) < 4.78 is 5.97. The van der Waals surface area contributed by atoms with Crippen molar-refractivity contribution in [1.82, 2.24) is 4.98 Å². The first kappa shape index (κ1) is 18.8. The molecule has 0 aliphatic carbocycles. The third-order valence-corrected chi connectivity index (χ3v) is 4.49. The highest BCUT2D eigenvalue weighted by Crippen LogP contribution is 2.32. The van der Waals surface area contributed by atoms with Crippen LogP contribution in [0.5, 0.6) is 0 Å². The van der Waals surface area contributed by atoms with E-state index in [9.17, 15) is 14.9 Å². The van der Waals surface area contributed by atoms with E-state index in [1.807, 2.05) is 18.2 Å². The maximum absolute atomic E-state index is 12.4. The van der Waals surface area contributed by atoms with Crippen molar-refractivity contribution in [3.8, 4) is 0 Å². The predicted octanol–water partition coefficient (Wildman–Crippen LogP) is 5.13. The number of halogens is 1. The van der Waals surface area contributed by atoms with Crippen LogP contribution in [-0.2, 0) is 4.74 Å². The van der Waals surface area contributed by atoms with Crippen molar-refractivity contribution in [1.29, 1.82) is 0 Å². The molecule has 0 aliphatic rings. The molecule has 1 N–H and O–H groups in total. The lowest BCUT2D eigenvalue weighted by Gasteiger charge is -2.14. The molecule has 138 valence electrons. The Bertz CT molecular complexity index is 1050. The lowest BCUT2D eigenvalue weighted by molar-refractivity contribution is -0.385. The summed E-state index contributed by atoms with van der Waals surface area (Å²) in [6.07, 6.45) is 1.44. The lowest BCUT2D eigenvalue weighted by atomic mass is 10.1. The molecular formula is C19H16BrN3O4. The SMILES string of the molecule is CCOC(=O)c1cnc2cc(Br)ccc2c1Nc1ccc(C)c([N+](=O)[O-])c1. The molecule has 1 aromatic heterocycles. The molecule has 0 aliphatic heterocycles. The van der Waals surface area contributed by atoms with E-state index >= 15 is 0 Å². The van der Waals surface area contributed by atoms with Gasteiger partial charge in [-0.05, 0) is 38.1 Å². The number of aromatic nitrogens is 1. The van der Waals surface area contributed by atoms with Crippen LogP contribution in [0.25, 0.3) is 10.9 Å². The van der Waals surface area contributed by atoms with Gasteiger partial charge < -0.3 is 10.1 Å². The Hall–Kier alpha value is -3.00. The van der Waals surface area contributed by atoms with Crippen molar-refractivity contribution in [2.45, 2.75) is 13.8 Å². The Kier molecular flexibility index (Phi) is 5.36. The molecule has 0 spiro atoms. The highest BCUT2D eigenvalue weighted by Gasteiger charge is 2.18. The number of fused-ring (bicyclic) bond motifs is 1. The standard InChI is InChI=1S/C19H16BrN3O4/c1-3-27-19(24)15-10-21-16-8-12(20)5-7-14(16)18(15)22-13-6-4-11(2)17(9-13)23(25)26/h4-10H,3H2,1-2H3,(H,21,22). The number of esters is 1. The van der Waals surface area contributed by atoms with Crippen LogP contribution in [0.4, 0.5) is 17.1 Å². The Morgan fingerprint density at radius 3 is 2.78 bits per heavy atom. The van der Waals surface area contributed by atoms with E-state index in [0.717, 1.165) is 4.47 Å². The van der Waals surface area contributed by atoms with Crippen molar-refractivity contribution in [3.63, 3.8) is 0 Å². The third-order valence-electron chi connectivity index (χ3n) is 4.00. The van der Waals surface area contributed by atoms with Crippen molar-refractivity contribution in [2.75, 3.05) is 11.9 Å². The fraction of sp³-hybridized carbons (Fsp3) is 0.158. The van der Waals surface area contributed by atoms with Gasteiger partial charge in [0.2, 0.25) is 0 Å². The second-order valence-electron chi connectivity index (χ2n) is 5.81. The Balaban J connectivity index is 2.16. The van der Waals surface area contributed by atoms with E-state index in [4.69, 9.17) is 4.74 Å². The van der Waals surface area contributed by atoms with Crippen molar-refractivity contribution >= 4 is 49.9 Å². The number of nitrogens with one attached hydrogen (secondary N) is 1. The summed E-state index contributed by atoms with van der Waals surface area (Å²) in [7, 11) is 0. The van der Waals surface area contributed by atoms with E-state index in [-0.39, 0.29) is 17.9 Å². The van der Waals surface area contributed by atoms with E-state index in [1.54, 1.807) is 26.0 Å². The van der Waals surface area contributed by atoms with Gasteiger partial charge in [-0.3, -0.25) is 15.1 Å². The molecular weight excluding hydrogens is 414 g/mol. The molecule has 0 amide bonds. The van der Waals surface area contributed by atoms with Gasteiger partial charge >= 0.3 is 5.97 Å². The second kappa shape index (κ2) is 7.71. The molecule has 0 saturated carbocycles. The first-order valence-electron chi connectivity index (χ1n) is 8.18. The Morgan fingerprint density at radius 1 is 1.30 bits per heavy atom. The van der Waals surface area contributed by atoms with Crippen LogP contribution in [-0.4, -0.2) is 22.5 Å². The summed E-state index contributed by atoms with van der Waals surface area (Å²) in [6.45, 7) is 3.62. The molecule has 0 fully saturated rings. The first-order valence-corrected chi connectivity index (χ1v) is 8.97. The van der Waals surface area contributed by atoms with Crippen LogP contribution in [0.3, 0.4) is 0 Å². The van der Waals surface area contributed by atoms with Crippen LogP contribution in [0.15, 0.2) is 47.1 Å². The fourth-order valence-electron chi connectivity index (χ4n) is 2.69. The molecule has 3 rings (SSSR count). The van der Waals surface area contributed by atoms with Gasteiger partial charge in [-0.2, -0.15) is 0 Å². The summed E-state index contributed by atoms with van der Waals surface area (Å²) in [6, 6.07) is 10.3. The van der Waals surface area contributed by atoms with Crippen LogP contribution in [0.1, 0.15) is 22.8 Å². The Morgan fingerprint density at radius 2 is 2.07 bits per heavy atom. The minimum atomic E-state index is -0.515. The smallest absolute Gasteiger partial charge is 0.341 e. The predicted molar refractivity (Wildman–Crippen MR) is 107 cm³/mol. The average Bonchev–Trinajstić information content (AvgIpc) is 2.63. The zero-order valence-electron chi connectivity index (χ0n) is 14.7. The topological polar surface area (TPSA) is 94.4 Å². The zero-order chi connectivity index (χ0) is 19.6. The van der Waals surface area contributed by atoms with E-state index < -0.39 is 10.9 Å². The van der Waals surface area contributed by atoms with Gasteiger partial charge in [0.15, 0.2) is 0 Å². The largest absolute Gasteiger partial charge is 0.462 e. The summed E-state index contributed by atoms with van der Waals surface area (Å²) in [5.41, 5.74) is 2.47. The highest BCUT2D eigenvalue weighted by molar-refractivity contribution is 9.10. The summed E-state index contributed by atoms with van der Waals surface area (Å²) in [5, 5.41) is 15.1. The van der Waals surface area contributed by atoms with Crippen molar-refractivity contribution in [2.24, 2.45) is 0 Å². The van der Waals surface area contributed by atoms with Crippen LogP contribution < -0.4 is 5.32 Å². The number of nitrogens with zero attached hydrogens (tertiary/aromatic N) is 2. The van der Waals surface area contributed by atoms with Gasteiger partial charge in [0.25, 0.3) is 5.69 Å². The number of hydrogen-bond donors (Lipinski definition) is 1. The second-order valence-corrected chi connectivity index (χ2v) is 6.73. The normalized spacial score (nSPS) is 10.6. The Labute approximate surface area is 163 Å². The van der Waals surface area contributed by atoms with E-state index in [1.165, 1.54) is 12.3 Å². The number of benzene rings is 2. The number of anilines is 2. The van der Waals surface area contributed by atoms with Crippen LogP contribution in [0, 0.1) is 17.0 Å². The molecule has 7 nitrogen and oxygen atoms in total. The summed E-state index contributed by atoms with van der Waals surface area (Å²) >= 11 is 3.40. The molecule has 2 aromatic carbocycles. The van der Waals surface area contributed by atoms with E-state index in [0.29, 0.717) is 27.8 Å². The maximum atomic E-state index is 12.4. The van der Waals surface area contributed by atoms with Gasteiger partial charge in [-0.1, -0.05) is 22.0 Å². The monoisotopic (exact) mass is 429 g/mol. The first-order chi connectivity index (χ1) is 12.9. The number of carbonyl (C=O) groups is 1. The third kappa shape index (κ3) is 3.90. The highest BCUT2D eigenvalue weighted by atomic mass is 79.9. The molecule has 1 heterocycles. The summed E-state index contributed by atoms with van der Waals surface area (Å²) in [5.74, 6) is -0.515. The number of pyridine rings is 1. The molecule has 0 radical (unpaired) electrons. The number of nitro benzene ring substituents is 1. The minimum absolute atomic E-state index is 0.00112. The molecule has 8 heteroatoms. The molecule has 0 unspecified atom stereocenters. The molecule has 0 atom stereocenters. The maximum Gasteiger partial charge on any atom is 0.341 e. The fourth-order valence-corrected chi connectivity index (χ4v) is 3.04. The average molecular weight is 430 g/mol. The lowest BCUT2D eigenvalue weighted by Crippen LogP contribution is -2.09. The van der Waals surface area contributed by atoms with Crippen LogP contribution in [0.2, 0.25) is 0 Å². The number of hydrogen-bond acceptors (Lipinski definition) is 6. The van der Waals surface area contributed by atoms with Gasteiger partial charge in [-0.15, -0.1) is 0 Å². The number of aryl methyl sites for hydroxylation is 1. The van der Waals surface area contributed by atoms with Gasteiger partial charge in [0, 0.05) is 33.4 Å². The molecule has 0 saturated heterocycles. The van der Waals surface area contributed by atoms with E-state index in [2.05, 4.69) is 26.2 Å². The van der Waals surface area contributed by atoms with Gasteiger partial charge in [0.05, 0.1) is 22.7 Å². The minimum Gasteiger partial charge on any atom is -0.462 e. The number of ether oxygens (including phenoxy) is 1. The zero-order valence-corrected chi connectivity index (χ0v) is 16.2. The number of rotatable bonds is 5. The molecule has 0 bridgehead atoms. The van der Waals surface area contributed by atoms with Crippen LogP contribution >= 0.6 is 15.9 Å². The number of carbonyl (C=O) groups excluding carboxylic acids is 1.